The first-order valence-corrected chi connectivity index (χ1v) is 30.1. The summed E-state index contributed by atoms with van der Waals surface area (Å²) in [6.45, 7) is 0. The Balaban J connectivity index is 0.845. The second-order valence-corrected chi connectivity index (χ2v) is 23.0. The van der Waals surface area contributed by atoms with Crippen molar-refractivity contribution in [1.82, 2.24) is 15.0 Å². The van der Waals surface area contributed by atoms with Crippen molar-refractivity contribution >= 4 is 33.4 Å². The third-order valence-electron chi connectivity index (χ3n) is 17.9. The molecule has 0 saturated heterocycles. The number of hydrogen-bond acceptors (Lipinski definition) is 3. The van der Waals surface area contributed by atoms with Crippen LogP contribution in [0.15, 0.2) is 310 Å². The van der Waals surface area contributed by atoms with Gasteiger partial charge in [-0.15, -0.1) is 0 Å². The van der Waals surface area contributed by atoms with Gasteiger partial charge in [-0.3, -0.25) is 15.0 Å². The third kappa shape index (κ3) is 9.76. The van der Waals surface area contributed by atoms with E-state index in [4.69, 9.17) is 15.0 Å². The summed E-state index contributed by atoms with van der Waals surface area (Å²) in [5.74, 6) is 0. The van der Waals surface area contributed by atoms with Crippen LogP contribution in [0.3, 0.4) is 0 Å². The van der Waals surface area contributed by atoms with Crippen LogP contribution in [0.25, 0.3) is 101 Å². The molecule has 3 aliphatic carbocycles. The van der Waals surface area contributed by atoms with Gasteiger partial charge in [-0.2, -0.15) is 0 Å². The largest absolute Gasteiger partial charge is 0.256 e. The van der Waals surface area contributed by atoms with Crippen LogP contribution in [0, 0.1) is 0 Å². The first kappa shape index (κ1) is 51.5. The zero-order chi connectivity index (χ0) is 57.6. The third-order valence-corrected chi connectivity index (χ3v) is 17.9. The number of pyridine rings is 3. The van der Waals surface area contributed by atoms with E-state index in [1.807, 2.05) is 0 Å². The Morgan fingerprint density at radius 1 is 0.184 bits per heavy atom. The molecule has 0 aliphatic heterocycles. The van der Waals surface area contributed by atoms with Crippen LogP contribution in [-0.4, -0.2) is 15.0 Å². The second kappa shape index (κ2) is 22.1. The van der Waals surface area contributed by atoms with E-state index in [0.717, 1.165) is 69.7 Å². The monoisotopic (exact) mass is 1110 g/mol. The quantitative estimate of drug-likeness (QED) is 0.122. The van der Waals surface area contributed by atoms with E-state index in [9.17, 15) is 0 Å². The highest BCUT2D eigenvalue weighted by Crippen LogP contribution is 2.49. The van der Waals surface area contributed by atoms with Crippen LogP contribution in [-0.2, 0) is 19.3 Å². The molecule has 0 atom stereocenters. The van der Waals surface area contributed by atoms with Crippen molar-refractivity contribution in [3.63, 3.8) is 0 Å². The Hall–Kier alpha value is -11.1. The van der Waals surface area contributed by atoms with Crippen molar-refractivity contribution in [2.45, 2.75) is 19.3 Å². The highest BCUT2D eigenvalue weighted by molar-refractivity contribution is 6.09. The van der Waals surface area contributed by atoms with Crippen molar-refractivity contribution in [2.24, 2.45) is 0 Å². The minimum atomic E-state index is 0.796. The summed E-state index contributed by atoms with van der Waals surface area (Å²) >= 11 is 0. The molecule has 0 unspecified atom stereocenters. The van der Waals surface area contributed by atoms with Crippen LogP contribution in [0.5, 0.6) is 0 Å². The van der Waals surface area contributed by atoms with Crippen molar-refractivity contribution in [1.29, 1.82) is 0 Å². The van der Waals surface area contributed by atoms with E-state index in [1.54, 1.807) is 0 Å². The highest BCUT2D eigenvalue weighted by atomic mass is 14.7. The van der Waals surface area contributed by atoms with E-state index >= 15 is 0 Å². The Labute approximate surface area is 508 Å². The lowest BCUT2D eigenvalue weighted by atomic mass is 9.86. The molecule has 3 heterocycles. The molecule has 13 aromatic rings. The predicted molar refractivity (Wildman–Crippen MR) is 360 cm³/mol. The SMILES string of the molecule is c1ccc(-c2ccc(-c3ccc(C4=C(c5cc(C6=C(c7ccc(-c8ccc(-c9ccccc9)cc8)nc7)c7ccccc7C6)cc(C6=C(c7ccc(-c8ccc(-c9ccccc9)cc8)nc7)c7ccccc7C6)c5)Cc5ccccc54)cn3)cc2)cc1. The number of benzene rings is 10. The molecule has 0 fully saturated rings. The van der Waals surface area contributed by atoms with Crippen LogP contribution in [0.1, 0.15) is 66.8 Å². The van der Waals surface area contributed by atoms with Gasteiger partial charge in [0.1, 0.15) is 0 Å². The molecule has 408 valence electrons. The van der Waals surface area contributed by atoms with Crippen molar-refractivity contribution in [2.75, 3.05) is 0 Å². The lowest BCUT2D eigenvalue weighted by Gasteiger charge is -2.18. The summed E-state index contributed by atoms with van der Waals surface area (Å²) in [6.07, 6.45) is 8.66. The maximum atomic E-state index is 5.21. The van der Waals surface area contributed by atoms with Crippen LogP contribution >= 0.6 is 0 Å². The van der Waals surface area contributed by atoms with Crippen molar-refractivity contribution < 1.29 is 0 Å². The molecular formula is C84H57N3. The molecule has 0 bridgehead atoms. The lowest BCUT2D eigenvalue weighted by Crippen LogP contribution is -1.99. The van der Waals surface area contributed by atoms with E-state index in [-0.39, 0.29) is 0 Å². The maximum Gasteiger partial charge on any atom is 0.0702 e. The molecule has 0 saturated carbocycles. The van der Waals surface area contributed by atoms with Crippen molar-refractivity contribution in [3.05, 3.63) is 377 Å². The maximum absolute atomic E-state index is 5.21. The minimum Gasteiger partial charge on any atom is -0.256 e. The van der Waals surface area contributed by atoms with Crippen LogP contribution in [0.4, 0.5) is 0 Å². The van der Waals surface area contributed by atoms with E-state index in [1.165, 1.54) is 117 Å². The Morgan fingerprint density at radius 3 is 0.678 bits per heavy atom. The van der Waals surface area contributed by atoms with E-state index in [0.29, 0.717) is 0 Å². The predicted octanol–water partition coefficient (Wildman–Crippen LogP) is 20.4. The fourth-order valence-corrected chi connectivity index (χ4v) is 13.5. The van der Waals surface area contributed by atoms with Gasteiger partial charge >= 0.3 is 0 Å². The summed E-state index contributed by atoms with van der Waals surface area (Å²) < 4.78 is 0. The topological polar surface area (TPSA) is 38.7 Å². The van der Waals surface area contributed by atoms with E-state index in [2.05, 4.69) is 310 Å². The molecule has 0 radical (unpaired) electrons. The molecule has 0 amide bonds. The average Bonchev–Trinajstić information content (AvgIpc) is 4.48. The first-order chi connectivity index (χ1) is 43.1. The summed E-state index contributed by atoms with van der Waals surface area (Å²) in [7, 11) is 0. The minimum absolute atomic E-state index is 0.796. The zero-order valence-electron chi connectivity index (χ0n) is 47.9. The van der Waals surface area contributed by atoms with Gasteiger partial charge in [0.25, 0.3) is 0 Å². The normalized spacial score (nSPS) is 13.2. The summed E-state index contributed by atoms with van der Waals surface area (Å²) in [6, 6.07) is 106. The fourth-order valence-electron chi connectivity index (χ4n) is 13.5. The number of nitrogens with zero attached hydrogens (tertiary/aromatic N) is 3. The number of aromatic nitrogens is 3. The lowest BCUT2D eigenvalue weighted by molar-refractivity contribution is 1.28. The number of fused-ring (bicyclic) bond motifs is 3. The smallest absolute Gasteiger partial charge is 0.0702 e. The van der Waals surface area contributed by atoms with Gasteiger partial charge in [0.15, 0.2) is 0 Å². The highest BCUT2D eigenvalue weighted by Gasteiger charge is 2.31. The van der Waals surface area contributed by atoms with Gasteiger partial charge in [0.2, 0.25) is 0 Å². The van der Waals surface area contributed by atoms with E-state index < -0.39 is 0 Å². The van der Waals surface area contributed by atoms with Gasteiger partial charge in [-0.05, 0) is 173 Å². The molecule has 0 spiro atoms. The number of allylic oxidation sites excluding steroid dienone is 3. The number of rotatable bonds is 12. The molecule has 10 aromatic carbocycles. The second-order valence-electron chi connectivity index (χ2n) is 23.0. The molecule has 3 aromatic heterocycles. The average molecular weight is 1110 g/mol. The fraction of sp³-hybridized carbons (Fsp3) is 0.0357. The van der Waals surface area contributed by atoms with Gasteiger partial charge in [0, 0.05) is 52.0 Å². The zero-order valence-corrected chi connectivity index (χ0v) is 47.9. The first-order valence-electron chi connectivity index (χ1n) is 30.1. The van der Waals surface area contributed by atoms with Crippen molar-refractivity contribution in [3.8, 4) is 67.2 Å². The molecule has 16 rings (SSSR count). The summed E-state index contributed by atoms with van der Waals surface area (Å²) in [4.78, 5) is 15.6. The molecule has 3 heteroatoms. The van der Waals surface area contributed by atoms with Gasteiger partial charge in [-0.1, -0.05) is 255 Å². The Bertz CT molecular complexity index is 4320. The van der Waals surface area contributed by atoms with Gasteiger partial charge in [0.05, 0.1) is 17.1 Å². The standard InChI is InChI=1S/C84H57N3/c1-4-16-55(17-5-1)58-28-34-61(35-29-58)79-43-40-67(52-85-79)82-73-25-13-10-22-64(73)49-76(82)70-46-71(77-50-65-23-11-14-26-74(65)83(77)68-41-44-80(86-53-68)62-36-30-59(31-37-62)56-18-6-2-7-19-56)48-72(47-70)78-51-66-24-12-15-27-75(66)84(78)69-42-45-81(87-54-69)63-38-32-60(33-39-63)57-20-8-3-9-21-57/h1-48,52-54H,49-51H2. The summed E-state index contributed by atoms with van der Waals surface area (Å²) in [5, 5.41) is 0. The summed E-state index contributed by atoms with van der Waals surface area (Å²) in [5.41, 5.74) is 35.5. The molecular weight excluding hydrogens is 1050 g/mol. The Morgan fingerprint density at radius 2 is 0.414 bits per heavy atom. The van der Waals surface area contributed by atoms with Crippen LogP contribution in [0.2, 0.25) is 0 Å². The molecule has 0 N–H and O–H groups in total. The number of hydrogen-bond donors (Lipinski definition) is 0. The molecule has 3 aliphatic rings. The molecule has 87 heavy (non-hydrogen) atoms. The van der Waals surface area contributed by atoms with Gasteiger partial charge in [-0.25, -0.2) is 0 Å². The Kier molecular flexibility index (Phi) is 13.1. The van der Waals surface area contributed by atoms with Crippen LogP contribution < -0.4 is 0 Å². The van der Waals surface area contributed by atoms with Gasteiger partial charge < -0.3 is 0 Å². The molecule has 3 nitrogen and oxygen atoms in total.